The van der Waals surface area contributed by atoms with Gasteiger partial charge < -0.3 is 0 Å². The first-order valence-electron chi connectivity index (χ1n) is 17.1. The van der Waals surface area contributed by atoms with Crippen LogP contribution in [-0.4, -0.2) is 0 Å². The summed E-state index contributed by atoms with van der Waals surface area (Å²) in [5.74, 6) is 0. The molecule has 0 heteroatoms. The van der Waals surface area contributed by atoms with Crippen LogP contribution in [0, 0.1) is 0 Å². The van der Waals surface area contributed by atoms with E-state index in [1.807, 2.05) is 0 Å². The lowest BCUT2D eigenvalue weighted by Gasteiger charge is -2.34. The molecule has 0 atom stereocenters. The normalized spacial score (nSPS) is 13.1. The molecule has 10 rings (SSSR count). The summed E-state index contributed by atoms with van der Waals surface area (Å²) in [6, 6.07) is 72.1. The fourth-order valence-corrected chi connectivity index (χ4v) is 8.49. The molecule has 0 spiro atoms. The van der Waals surface area contributed by atoms with E-state index in [2.05, 4.69) is 194 Å². The smallest absolute Gasteiger partial charge is 0.0622 e. The summed E-state index contributed by atoms with van der Waals surface area (Å²) < 4.78 is 0. The topological polar surface area (TPSA) is 0 Å². The minimum atomic E-state index is -0.518. The summed E-state index contributed by atoms with van der Waals surface area (Å²) in [6.07, 6.45) is 0. The first-order chi connectivity index (χ1) is 24.3. The van der Waals surface area contributed by atoms with Crippen LogP contribution in [0.3, 0.4) is 0 Å². The van der Waals surface area contributed by atoms with E-state index in [1.54, 1.807) is 0 Å². The predicted octanol–water partition coefficient (Wildman–Crippen LogP) is 12.8. The predicted molar refractivity (Wildman–Crippen MR) is 207 cm³/mol. The molecule has 0 unspecified atom stereocenters. The van der Waals surface area contributed by atoms with Gasteiger partial charge in [-0.2, -0.15) is 0 Å². The van der Waals surface area contributed by atoms with Gasteiger partial charge in [0.05, 0.1) is 5.41 Å². The van der Waals surface area contributed by atoms with Gasteiger partial charge in [-0.3, -0.25) is 0 Å². The third-order valence-corrected chi connectivity index (χ3v) is 10.7. The van der Waals surface area contributed by atoms with Crippen molar-refractivity contribution >= 4 is 32.3 Å². The summed E-state index contributed by atoms with van der Waals surface area (Å²) in [4.78, 5) is 0. The maximum Gasteiger partial charge on any atom is 0.0714 e. The Morgan fingerprint density at radius 1 is 0.286 bits per heavy atom. The molecule has 0 bridgehead atoms. The van der Waals surface area contributed by atoms with Gasteiger partial charge in [-0.1, -0.05) is 170 Å². The molecule has 0 amide bonds. The first-order valence-corrected chi connectivity index (χ1v) is 17.1. The van der Waals surface area contributed by atoms with Gasteiger partial charge in [-0.25, -0.2) is 0 Å². The lowest BCUT2D eigenvalue weighted by molar-refractivity contribution is 0.769. The average Bonchev–Trinajstić information content (AvgIpc) is 3.48. The number of hydrogen-bond acceptors (Lipinski definition) is 0. The van der Waals surface area contributed by atoms with Crippen molar-refractivity contribution in [2.24, 2.45) is 0 Å². The van der Waals surface area contributed by atoms with Crippen LogP contribution in [0.1, 0.15) is 22.3 Å². The van der Waals surface area contributed by atoms with Crippen LogP contribution >= 0.6 is 0 Å². The second-order valence-electron chi connectivity index (χ2n) is 13.3. The largest absolute Gasteiger partial charge is 0.0714 e. The SMILES string of the molecule is c1ccc(C2(c3ccccc3)c3cc(-c4ccc5ccccc5c4)ccc3-c3c2cc(-c2ccc4ccccc4c2)c2ccccc32)cc1. The Labute approximate surface area is 286 Å². The van der Waals surface area contributed by atoms with E-state index in [9.17, 15) is 0 Å². The van der Waals surface area contributed by atoms with E-state index < -0.39 is 5.41 Å². The second kappa shape index (κ2) is 10.9. The van der Waals surface area contributed by atoms with Crippen LogP contribution in [0.5, 0.6) is 0 Å². The highest BCUT2D eigenvalue weighted by molar-refractivity contribution is 6.11. The summed E-state index contributed by atoms with van der Waals surface area (Å²) in [5, 5.41) is 7.59. The van der Waals surface area contributed by atoms with Crippen LogP contribution in [-0.2, 0) is 5.41 Å². The molecule has 0 saturated heterocycles. The maximum absolute atomic E-state index is 2.51. The molecule has 1 aliphatic carbocycles. The van der Waals surface area contributed by atoms with Crippen molar-refractivity contribution in [2.45, 2.75) is 5.41 Å². The molecule has 0 N–H and O–H groups in total. The van der Waals surface area contributed by atoms with Crippen molar-refractivity contribution in [3.05, 3.63) is 216 Å². The highest BCUT2D eigenvalue weighted by Gasteiger charge is 2.47. The van der Waals surface area contributed by atoms with E-state index in [1.165, 1.54) is 88.0 Å². The second-order valence-corrected chi connectivity index (χ2v) is 13.3. The van der Waals surface area contributed by atoms with Crippen molar-refractivity contribution in [1.29, 1.82) is 0 Å². The van der Waals surface area contributed by atoms with E-state index in [0.29, 0.717) is 0 Å². The Balaban J connectivity index is 1.33. The molecule has 228 valence electrons. The molecule has 1 aliphatic rings. The molecule has 0 aromatic heterocycles. The van der Waals surface area contributed by atoms with Crippen LogP contribution in [0.2, 0.25) is 0 Å². The maximum atomic E-state index is 2.51. The first kappa shape index (κ1) is 27.8. The molecule has 0 fully saturated rings. The van der Waals surface area contributed by atoms with Gasteiger partial charge in [0.1, 0.15) is 0 Å². The minimum Gasteiger partial charge on any atom is -0.0622 e. The third-order valence-electron chi connectivity index (χ3n) is 10.7. The lowest BCUT2D eigenvalue weighted by atomic mass is 9.67. The average molecular weight is 621 g/mol. The number of rotatable bonds is 4. The monoisotopic (exact) mass is 620 g/mol. The number of benzene rings is 9. The van der Waals surface area contributed by atoms with Gasteiger partial charge >= 0.3 is 0 Å². The summed E-state index contributed by atoms with van der Waals surface area (Å²) >= 11 is 0. The van der Waals surface area contributed by atoms with Gasteiger partial charge in [0, 0.05) is 0 Å². The van der Waals surface area contributed by atoms with Crippen molar-refractivity contribution < 1.29 is 0 Å². The van der Waals surface area contributed by atoms with Crippen molar-refractivity contribution in [3.63, 3.8) is 0 Å². The van der Waals surface area contributed by atoms with E-state index in [4.69, 9.17) is 0 Å². The van der Waals surface area contributed by atoms with Crippen molar-refractivity contribution in [1.82, 2.24) is 0 Å². The molecule has 0 aliphatic heterocycles. The van der Waals surface area contributed by atoms with Crippen LogP contribution in [0.25, 0.3) is 65.7 Å². The molecule has 0 radical (unpaired) electrons. The van der Waals surface area contributed by atoms with Gasteiger partial charge in [-0.05, 0) is 112 Å². The Morgan fingerprint density at radius 2 is 0.776 bits per heavy atom. The summed E-state index contributed by atoms with van der Waals surface area (Å²) in [6.45, 7) is 0. The fourth-order valence-electron chi connectivity index (χ4n) is 8.49. The highest BCUT2D eigenvalue weighted by atomic mass is 14.5. The molecule has 0 saturated carbocycles. The quantitative estimate of drug-likeness (QED) is 0.184. The Kier molecular flexibility index (Phi) is 6.19. The van der Waals surface area contributed by atoms with E-state index in [-0.39, 0.29) is 0 Å². The molecule has 0 heterocycles. The van der Waals surface area contributed by atoms with Gasteiger partial charge in [0.2, 0.25) is 0 Å². The third kappa shape index (κ3) is 4.17. The van der Waals surface area contributed by atoms with E-state index in [0.717, 1.165) is 0 Å². The lowest BCUT2D eigenvalue weighted by Crippen LogP contribution is -2.28. The molecular weight excluding hydrogens is 589 g/mol. The Morgan fingerprint density at radius 3 is 1.43 bits per heavy atom. The Hall–Kier alpha value is -6.24. The highest BCUT2D eigenvalue weighted by Crippen LogP contribution is 2.59. The minimum absolute atomic E-state index is 0.518. The number of hydrogen-bond donors (Lipinski definition) is 0. The standard InChI is InChI=1S/C49H32/c1-3-17-40(18-4-1)49(41-19-5-2-6-20-41)46-31-38(37-25-23-33-13-7-9-15-35(33)29-37)27-28-44(46)48-43-22-12-11-21-42(43)45(32-47(48)49)39-26-24-34-14-8-10-16-36(34)30-39/h1-32H. The molecule has 9 aromatic carbocycles. The van der Waals surface area contributed by atoms with Gasteiger partial charge in [0.25, 0.3) is 0 Å². The van der Waals surface area contributed by atoms with E-state index >= 15 is 0 Å². The van der Waals surface area contributed by atoms with Crippen molar-refractivity contribution in [2.75, 3.05) is 0 Å². The number of fused-ring (bicyclic) bond motifs is 7. The zero-order valence-electron chi connectivity index (χ0n) is 27.0. The summed E-state index contributed by atoms with van der Waals surface area (Å²) in [7, 11) is 0. The molecule has 9 aromatic rings. The molecule has 49 heavy (non-hydrogen) atoms. The zero-order valence-corrected chi connectivity index (χ0v) is 27.0. The zero-order chi connectivity index (χ0) is 32.4. The molecule has 0 nitrogen and oxygen atoms in total. The summed E-state index contributed by atoms with van der Waals surface area (Å²) in [5.41, 5.74) is 12.3. The fraction of sp³-hybridized carbons (Fsp3) is 0.0204. The molecular formula is C49H32. The van der Waals surface area contributed by atoms with Gasteiger partial charge in [0.15, 0.2) is 0 Å². The van der Waals surface area contributed by atoms with Crippen molar-refractivity contribution in [3.8, 4) is 33.4 Å². The van der Waals surface area contributed by atoms with Crippen LogP contribution in [0.4, 0.5) is 0 Å². The van der Waals surface area contributed by atoms with Gasteiger partial charge in [-0.15, -0.1) is 0 Å². The Bertz CT molecular complexity index is 2660. The van der Waals surface area contributed by atoms with Crippen LogP contribution in [0.15, 0.2) is 194 Å². The van der Waals surface area contributed by atoms with Crippen LogP contribution < -0.4 is 0 Å².